The van der Waals surface area contributed by atoms with E-state index >= 15 is 0 Å². The van der Waals surface area contributed by atoms with E-state index in [0.29, 0.717) is 6.42 Å². The van der Waals surface area contributed by atoms with E-state index in [9.17, 15) is 14.7 Å². The molecule has 3 atom stereocenters. The number of nitrogens with one attached hydrogen (secondary N) is 2. The maximum atomic E-state index is 12.2. The van der Waals surface area contributed by atoms with Crippen LogP contribution in [0.25, 0.3) is 0 Å². The minimum Gasteiger partial charge on any atom is -0.481 e. The van der Waals surface area contributed by atoms with Crippen LogP contribution in [0.5, 0.6) is 0 Å². The molecule has 1 saturated heterocycles. The third-order valence-corrected chi connectivity index (χ3v) is 4.64. The molecule has 5 nitrogen and oxygen atoms in total. The zero-order valence-electron chi connectivity index (χ0n) is 11.6. The lowest BCUT2D eigenvalue weighted by molar-refractivity contribution is -0.152. The van der Waals surface area contributed by atoms with E-state index in [2.05, 4.69) is 10.6 Å². The van der Waals surface area contributed by atoms with Crippen molar-refractivity contribution in [2.45, 2.75) is 64.0 Å². The Bertz CT molecular complexity index is 353. The summed E-state index contributed by atoms with van der Waals surface area (Å²) in [5.41, 5.74) is -0.817. The normalized spacial score (nSPS) is 35.6. The lowest BCUT2D eigenvalue weighted by Gasteiger charge is -2.39. The molecule has 5 heteroatoms. The fourth-order valence-corrected chi connectivity index (χ4v) is 3.17. The van der Waals surface area contributed by atoms with Gasteiger partial charge >= 0.3 is 5.97 Å². The Hall–Kier alpha value is -1.10. The Labute approximate surface area is 114 Å². The fraction of sp³-hybridized carbons (Fsp3) is 0.857. The van der Waals surface area contributed by atoms with Crippen molar-refractivity contribution in [2.75, 3.05) is 6.54 Å². The van der Waals surface area contributed by atoms with Gasteiger partial charge in [0.25, 0.3) is 0 Å². The summed E-state index contributed by atoms with van der Waals surface area (Å²) in [6, 6.07) is -0.385. The summed E-state index contributed by atoms with van der Waals surface area (Å²) in [5, 5.41) is 15.6. The third kappa shape index (κ3) is 3.08. The molecule has 3 N–H and O–H groups in total. The third-order valence-electron chi connectivity index (χ3n) is 4.64. The maximum absolute atomic E-state index is 12.2. The van der Waals surface area contributed by atoms with Crippen LogP contribution in [0.1, 0.15) is 51.9 Å². The molecule has 1 saturated carbocycles. The van der Waals surface area contributed by atoms with Crippen LogP contribution in [0, 0.1) is 5.41 Å². The summed E-state index contributed by atoms with van der Waals surface area (Å²) < 4.78 is 0. The summed E-state index contributed by atoms with van der Waals surface area (Å²) in [6.45, 7) is 2.63. The molecule has 2 aliphatic rings. The summed E-state index contributed by atoms with van der Waals surface area (Å²) >= 11 is 0. The minimum absolute atomic E-state index is 0.0286. The summed E-state index contributed by atoms with van der Waals surface area (Å²) in [4.78, 5) is 23.7. The van der Waals surface area contributed by atoms with Crippen LogP contribution < -0.4 is 10.6 Å². The molecular formula is C14H24N2O3. The number of rotatable bonds is 3. The van der Waals surface area contributed by atoms with Crippen LogP contribution in [0.4, 0.5) is 0 Å². The van der Waals surface area contributed by atoms with Gasteiger partial charge in [0.2, 0.25) is 5.91 Å². The van der Waals surface area contributed by atoms with E-state index in [-0.39, 0.29) is 18.0 Å². The van der Waals surface area contributed by atoms with Crippen molar-refractivity contribution in [3.05, 3.63) is 0 Å². The highest BCUT2D eigenvalue weighted by atomic mass is 16.4. The topological polar surface area (TPSA) is 78.4 Å². The Kier molecular flexibility index (Phi) is 4.45. The van der Waals surface area contributed by atoms with Crippen LogP contribution in [-0.4, -0.2) is 35.6 Å². The smallest absolute Gasteiger partial charge is 0.311 e. The highest BCUT2D eigenvalue weighted by molar-refractivity contribution is 5.83. The molecule has 2 rings (SSSR count). The van der Waals surface area contributed by atoms with Crippen molar-refractivity contribution in [2.24, 2.45) is 5.41 Å². The van der Waals surface area contributed by atoms with Crippen molar-refractivity contribution in [3.8, 4) is 0 Å². The van der Waals surface area contributed by atoms with Crippen molar-refractivity contribution in [1.82, 2.24) is 10.6 Å². The van der Waals surface area contributed by atoms with E-state index in [1.807, 2.05) is 0 Å². The van der Waals surface area contributed by atoms with E-state index < -0.39 is 11.4 Å². The van der Waals surface area contributed by atoms with E-state index in [1.54, 1.807) is 6.92 Å². The summed E-state index contributed by atoms with van der Waals surface area (Å²) in [6.07, 6.45) is 6.35. The fourth-order valence-electron chi connectivity index (χ4n) is 3.17. The largest absolute Gasteiger partial charge is 0.481 e. The second-order valence-corrected chi connectivity index (χ2v) is 6.03. The Morgan fingerprint density at radius 2 is 1.95 bits per heavy atom. The molecule has 0 aromatic carbocycles. The van der Waals surface area contributed by atoms with Gasteiger partial charge < -0.3 is 15.7 Å². The number of piperidine rings is 1. The van der Waals surface area contributed by atoms with Crippen molar-refractivity contribution >= 4 is 11.9 Å². The van der Waals surface area contributed by atoms with Crippen LogP contribution in [0.3, 0.4) is 0 Å². The number of carbonyl (C=O) groups is 2. The number of aliphatic carboxylic acids is 1. The van der Waals surface area contributed by atoms with E-state index in [0.717, 1.165) is 45.1 Å². The number of amides is 1. The Morgan fingerprint density at radius 3 is 2.58 bits per heavy atom. The van der Waals surface area contributed by atoms with Gasteiger partial charge in [-0.15, -0.1) is 0 Å². The molecule has 0 aromatic heterocycles. The predicted octanol–water partition coefficient (Wildman–Crippen LogP) is 1.28. The summed E-state index contributed by atoms with van der Waals surface area (Å²) in [5.74, 6) is -0.826. The highest BCUT2D eigenvalue weighted by Crippen LogP contribution is 2.36. The molecule has 1 heterocycles. The van der Waals surface area contributed by atoms with Gasteiger partial charge in [0, 0.05) is 6.04 Å². The molecule has 1 amide bonds. The second kappa shape index (κ2) is 5.90. The Morgan fingerprint density at radius 1 is 1.21 bits per heavy atom. The first-order chi connectivity index (χ1) is 9.04. The number of carboxylic acids is 1. The molecule has 2 fully saturated rings. The predicted molar refractivity (Wildman–Crippen MR) is 71.8 cm³/mol. The molecular weight excluding hydrogens is 244 g/mol. The quantitative estimate of drug-likeness (QED) is 0.720. The molecule has 3 unspecified atom stereocenters. The van der Waals surface area contributed by atoms with Gasteiger partial charge in [-0.25, -0.2) is 0 Å². The molecule has 0 bridgehead atoms. The number of hydrogen-bond acceptors (Lipinski definition) is 3. The maximum Gasteiger partial charge on any atom is 0.311 e. The molecule has 1 aliphatic heterocycles. The van der Waals surface area contributed by atoms with Crippen LogP contribution >= 0.6 is 0 Å². The minimum atomic E-state index is -0.817. The standard InChI is InChI=1S/C14H24N2O3/c1-14(13(18)19)8-4-2-7-11(14)16-12(17)10-6-3-5-9-15-10/h10-11,15H,2-9H2,1H3,(H,16,17)(H,18,19). The van der Waals surface area contributed by atoms with Crippen molar-refractivity contribution in [3.63, 3.8) is 0 Å². The van der Waals surface area contributed by atoms with Crippen molar-refractivity contribution < 1.29 is 14.7 Å². The van der Waals surface area contributed by atoms with Crippen molar-refractivity contribution in [1.29, 1.82) is 0 Å². The van der Waals surface area contributed by atoms with Crippen LogP contribution in [0.15, 0.2) is 0 Å². The SMILES string of the molecule is CC1(C(=O)O)CCCCC1NC(=O)C1CCCCN1. The molecule has 0 aromatic rings. The van der Waals surface area contributed by atoms with Crippen LogP contribution in [-0.2, 0) is 9.59 Å². The Balaban J connectivity index is 1.99. The molecule has 19 heavy (non-hydrogen) atoms. The molecule has 1 aliphatic carbocycles. The molecule has 0 radical (unpaired) electrons. The van der Waals surface area contributed by atoms with E-state index in [4.69, 9.17) is 0 Å². The monoisotopic (exact) mass is 268 g/mol. The van der Waals surface area contributed by atoms with Gasteiger partial charge in [-0.3, -0.25) is 9.59 Å². The van der Waals surface area contributed by atoms with Crippen LogP contribution in [0.2, 0.25) is 0 Å². The van der Waals surface area contributed by atoms with Gasteiger partial charge in [-0.2, -0.15) is 0 Å². The van der Waals surface area contributed by atoms with Gasteiger partial charge in [0.1, 0.15) is 0 Å². The first-order valence-corrected chi connectivity index (χ1v) is 7.31. The van der Waals surface area contributed by atoms with Gasteiger partial charge in [0.05, 0.1) is 11.5 Å². The zero-order valence-corrected chi connectivity index (χ0v) is 11.6. The first-order valence-electron chi connectivity index (χ1n) is 7.31. The average Bonchev–Trinajstić information content (AvgIpc) is 2.42. The van der Waals surface area contributed by atoms with Gasteiger partial charge in [-0.05, 0) is 39.2 Å². The lowest BCUT2D eigenvalue weighted by Crippen LogP contribution is -2.56. The zero-order chi connectivity index (χ0) is 13.9. The molecule has 0 spiro atoms. The molecule has 108 valence electrons. The average molecular weight is 268 g/mol. The van der Waals surface area contributed by atoms with Gasteiger partial charge in [-0.1, -0.05) is 19.3 Å². The lowest BCUT2D eigenvalue weighted by atomic mass is 9.71. The first kappa shape index (κ1) is 14.3. The van der Waals surface area contributed by atoms with E-state index in [1.165, 1.54) is 0 Å². The number of hydrogen-bond donors (Lipinski definition) is 3. The number of carbonyl (C=O) groups excluding carboxylic acids is 1. The second-order valence-electron chi connectivity index (χ2n) is 6.03. The van der Waals surface area contributed by atoms with Gasteiger partial charge in [0.15, 0.2) is 0 Å². The highest BCUT2D eigenvalue weighted by Gasteiger charge is 2.44. The summed E-state index contributed by atoms with van der Waals surface area (Å²) in [7, 11) is 0. The number of carboxylic acid groups (broad SMARTS) is 1.